The minimum absolute atomic E-state index is 0.0557. The Morgan fingerprint density at radius 3 is 2.42 bits per heavy atom. The summed E-state index contributed by atoms with van der Waals surface area (Å²) in [6.07, 6.45) is 8.14. The highest BCUT2D eigenvalue weighted by molar-refractivity contribution is 6.06. The van der Waals surface area contributed by atoms with E-state index in [2.05, 4.69) is 22.9 Å². The molecule has 0 aromatic rings. The van der Waals surface area contributed by atoms with Crippen molar-refractivity contribution in [3.63, 3.8) is 0 Å². The van der Waals surface area contributed by atoms with Crippen LogP contribution in [0.1, 0.15) is 72.1 Å². The summed E-state index contributed by atoms with van der Waals surface area (Å²) < 4.78 is 0. The second-order valence-electron chi connectivity index (χ2n) is 8.78. The van der Waals surface area contributed by atoms with E-state index in [0.717, 1.165) is 57.9 Å². The van der Waals surface area contributed by atoms with Crippen molar-refractivity contribution in [3.8, 4) is 0 Å². The first-order valence-electron chi connectivity index (χ1n) is 9.96. The molecule has 0 aromatic heterocycles. The maximum atomic E-state index is 12.1. The molecule has 0 radical (unpaired) electrons. The van der Waals surface area contributed by atoms with Crippen LogP contribution < -0.4 is 16.0 Å². The molecule has 5 amide bonds. The van der Waals surface area contributed by atoms with E-state index in [1.807, 2.05) is 13.8 Å². The van der Waals surface area contributed by atoms with Crippen LogP contribution in [-0.4, -0.2) is 47.0 Å². The number of hydrogen-bond donors (Lipinski definition) is 3. The van der Waals surface area contributed by atoms with Crippen molar-refractivity contribution in [1.29, 1.82) is 0 Å². The molecule has 1 heterocycles. The standard InChI is InChI=1S/C19H32N4O3/c1-4-5-10-20-16(25)21-13-6-8-19(9-7-13)11-14(12-19)23-17(26)22-15(24)18(23,2)3/h13-14H,4-12H2,1-3H3,(H2,20,21,25)(H,22,24,26). The minimum atomic E-state index is -0.751. The first-order valence-corrected chi connectivity index (χ1v) is 9.96. The maximum Gasteiger partial charge on any atom is 0.325 e. The van der Waals surface area contributed by atoms with Gasteiger partial charge in [0.2, 0.25) is 0 Å². The largest absolute Gasteiger partial charge is 0.338 e. The minimum Gasteiger partial charge on any atom is -0.338 e. The van der Waals surface area contributed by atoms with Crippen molar-refractivity contribution in [2.75, 3.05) is 6.54 Å². The molecule has 3 aliphatic rings. The SMILES string of the molecule is CCCCNC(=O)NC1CCC2(CC1)CC(N1C(=O)NC(=O)C1(C)C)C2. The molecule has 3 N–H and O–H groups in total. The van der Waals surface area contributed by atoms with Crippen LogP contribution in [0.2, 0.25) is 0 Å². The van der Waals surface area contributed by atoms with Crippen LogP contribution in [-0.2, 0) is 4.79 Å². The lowest BCUT2D eigenvalue weighted by atomic mass is 9.57. The Labute approximate surface area is 155 Å². The summed E-state index contributed by atoms with van der Waals surface area (Å²) in [6, 6.07) is 0.0894. The summed E-state index contributed by atoms with van der Waals surface area (Å²) in [6.45, 7) is 6.47. The van der Waals surface area contributed by atoms with Gasteiger partial charge in [0.1, 0.15) is 5.54 Å². The van der Waals surface area contributed by atoms with E-state index >= 15 is 0 Å². The number of imide groups is 1. The summed E-state index contributed by atoms with van der Waals surface area (Å²) in [5.74, 6) is -0.203. The quantitative estimate of drug-likeness (QED) is 0.517. The van der Waals surface area contributed by atoms with Gasteiger partial charge in [0.25, 0.3) is 5.91 Å². The van der Waals surface area contributed by atoms with E-state index in [0.29, 0.717) is 0 Å². The Morgan fingerprint density at radius 1 is 1.23 bits per heavy atom. The molecular weight excluding hydrogens is 332 g/mol. The number of carbonyl (C=O) groups excluding carboxylic acids is 3. The predicted octanol–water partition coefficient (Wildman–Crippen LogP) is 2.51. The van der Waals surface area contributed by atoms with E-state index in [9.17, 15) is 14.4 Å². The van der Waals surface area contributed by atoms with Crippen LogP contribution in [0.4, 0.5) is 9.59 Å². The number of urea groups is 2. The van der Waals surface area contributed by atoms with Crippen LogP contribution >= 0.6 is 0 Å². The third kappa shape index (κ3) is 3.53. The van der Waals surface area contributed by atoms with Crippen molar-refractivity contribution in [2.24, 2.45) is 5.41 Å². The predicted molar refractivity (Wildman–Crippen MR) is 98.6 cm³/mol. The zero-order chi connectivity index (χ0) is 18.9. The molecule has 2 aliphatic carbocycles. The lowest BCUT2D eigenvalue weighted by Gasteiger charge is -2.55. The highest BCUT2D eigenvalue weighted by Gasteiger charge is 2.56. The molecule has 0 bridgehead atoms. The Morgan fingerprint density at radius 2 is 1.88 bits per heavy atom. The van der Waals surface area contributed by atoms with Crippen molar-refractivity contribution >= 4 is 18.0 Å². The molecule has 3 fully saturated rings. The third-order valence-electron chi connectivity index (χ3n) is 6.50. The number of nitrogens with one attached hydrogen (secondary N) is 3. The second kappa shape index (κ2) is 7.08. The first kappa shape index (κ1) is 19.0. The highest BCUT2D eigenvalue weighted by Crippen LogP contribution is 2.54. The van der Waals surface area contributed by atoms with Gasteiger partial charge in [-0.2, -0.15) is 0 Å². The van der Waals surface area contributed by atoms with Gasteiger partial charge in [-0.25, -0.2) is 9.59 Å². The monoisotopic (exact) mass is 364 g/mol. The molecule has 0 unspecified atom stereocenters. The van der Waals surface area contributed by atoms with E-state index in [-0.39, 0.29) is 35.5 Å². The Bertz CT molecular complexity index is 573. The molecule has 1 spiro atoms. The van der Waals surface area contributed by atoms with E-state index in [1.165, 1.54) is 0 Å². The zero-order valence-electron chi connectivity index (χ0n) is 16.2. The molecule has 1 saturated heterocycles. The van der Waals surface area contributed by atoms with Crippen LogP contribution in [0.5, 0.6) is 0 Å². The van der Waals surface area contributed by atoms with Crippen molar-refractivity contribution < 1.29 is 14.4 Å². The smallest absolute Gasteiger partial charge is 0.325 e. The molecule has 2 saturated carbocycles. The molecule has 3 rings (SSSR count). The number of hydrogen-bond acceptors (Lipinski definition) is 3. The number of amides is 5. The summed E-state index contributed by atoms with van der Waals surface area (Å²) in [5.41, 5.74) is -0.470. The average molecular weight is 364 g/mol. The van der Waals surface area contributed by atoms with Gasteiger partial charge in [0.15, 0.2) is 0 Å². The average Bonchev–Trinajstić information content (AvgIpc) is 2.74. The van der Waals surface area contributed by atoms with Gasteiger partial charge in [-0.3, -0.25) is 10.1 Å². The fourth-order valence-electron chi connectivity index (χ4n) is 4.82. The van der Waals surface area contributed by atoms with Crippen LogP contribution in [0.25, 0.3) is 0 Å². The number of unbranched alkanes of at least 4 members (excludes halogenated alkanes) is 1. The Kier molecular flexibility index (Phi) is 5.17. The molecule has 26 heavy (non-hydrogen) atoms. The summed E-state index contributed by atoms with van der Waals surface area (Å²) in [5, 5.41) is 8.44. The molecule has 0 atom stereocenters. The van der Waals surface area contributed by atoms with Crippen molar-refractivity contribution in [1.82, 2.24) is 20.9 Å². The lowest BCUT2D eigenvalue weighted by Crippen LogP contribution is -2.59. The van der Waals surface area contributed by atoms with Gasteiger partial charge in [0, 0.05) is 18.6 Å². The third-order valence-corrected chi connectivity index (χ3v) is 6.50. The van der Waals surface area contributed by atoms with Crippen molar-refractivity contribution in [3.05, 3.63) is 0 Å². The summed E-state index contributed by atoms with van der Waals surface area (Å²) in [4.78, 5) is 37.7. The Hall–Kier alpha value is -1.79. The fraction of sp³-hybridized carbons (Fsp3) is 0.842. The van der Waals surface area contributed by atoms with Gasteiger partial charge >= 0.3 is 12.1 Å². The van der Waals surface area contributed by atoms with Crippen LogP contribution in [0, 0.1) is 5.41 Å². The molecule has 7 nitrogen and oxygen atoms in total. The molecule has 0 aromatic carbocycles. The molecule has 146 valence electrons. The Balaban J connectivity index is 1.45. The van der Waals surface area contributed by atoms with Crippen LogP contribution in [0.15, 0.2) is 0 Å². The number of nitrogens with zero attached hydrogens (tertiary/aromatic N) is 1. The van der Waals surface area contributed by atoms with E-state index in [4.69, 9.17) is 0 Å². The van der Waals surface area contributed by atoms with E-state index in [1.54, 1.807) is 4.90 Å². The van der Waals surface area contributed by atoms with Crippen LogP contribution in [0.3, 0.4) is 0 Å². The normalized spacial score (nSPS) is 33.0. The fourth-order valence-corrected chi connectivity index (χ4v) is 4.82. The van der Waals surface area contributed by atoms with Gasteiger partial charge in [-0.15, -0.1) is 0 Å². The van der Waals surface area contributed by atoms with Crippen molar-refractivity contribution in [2.45, 2.75) is 89.8 Å². The lowest BCUT2D eigenvalue weighted by molar-refractivity contribution is -0.127. The topological polar surface area (TPSA) is 90.5 Å². The van der Waals surface area contributed by atoms with Gasteiger partial charge < -0.3 is 15.5 Å². The zero-order valence-corrected chi connectivity index (χ0v) is 16.2. The molecule has 7 heteroatoms. The molecular formula is C19H32N4O3. The summed E-state index contributed by atoms with van der Waals surface area (Å²) >= 11 is 0. The molecule has 1 aliphatic heterocycles. The number of carbonyl (C=O) groups is 3. The first-order chi connectivity index (χ1) is 12.3. The second-order valence-corrected chi connectivity index (χ2v) is 8.78. The van der Waals surface area contributed by atoms with E-state index < -0.39 is 5.54 Å². The highest BCUT2D eigenvalue weighted by atomic mass is 16.2. The van der Waals surface area contributed by atoms with Gasteiger partial charge in [0.05, 0.1) is 0 Å². The van der Waals surface area contributed by atoms with Gasteiger partial charge in [-0.05, 0) is 64.2 Å². The van der Waals surface area contributed by atoms with Gasteiger partial charge in [-0.1, -0.05) is 13.3 Å². The number of rotatable bonds is 5. The maximum absolute atomic E-state index is 12.1. The summed E-state index contributed by atoms with van der Waals surface area (Å²) in [7, 11) is 0.